The minimum Gasteiger partial charge on any atom is -0.341 e. The molecule has 1 fully saturated rings. The number of imidazole rings is 1. The van der Waals surface area contributed by atoms with Crippen LogP contribution in [0.3, 0.4) is 0 Å². The van der Waals surface area contributed by atoms with Crippen LogP contribution in [0.25, 0.3) is 16.9 Å². The first-order valence-corrected chi connectivity index (χ1v) is 9.50. The van der Waals surface area contributed by atoms with E-state index in [0.717, 1.165) is 24.1 Å². The van der Waals surface area contributed by atoms with Crippen LogP contribution in [0.4, 0.5) is 0 Å². The average Bonchev–Trinajstić information content (AvgIpc) is 3.39. The quantitative estimate of drug-likeness (QED) is 0.678. The average molecular weight is 385 g/mol. The molecule has 0 N–H and O–H groups in total. The lowest BCUT2D eigenvalue weighted by molar-refractivity contribution is 0.0797. The molecule has 1 aromatic carbocycles. The van der Waals surface area contributed by atoms with Crippen molar-refractivity contribution in [3.63, 3.8) is 0 Å². The molecule has 0 unspecified atom stereocenters. The zero-order valence-corrected chi connectivity index (χ0v) is 16.1. The fourth-order valence-corrected chi connectivity index (χ4v) is 3.38. The lowest BCUT2D eigenvalue weighted by atomic mass is 10.1. The fourth-order valence-electron chi connectivity index (χ4n) is 3.15. The number of hydrogen-bond donors (Lipinski definition) is 0. The molecule has 0 aliphatic heterocycles. The molecule has 0 spiro atoms. The Hall–Kier alpha value is -2.60. The third-order valence-electron chi connectivity index (χ3n) is 5.05. The van der Waals surface area contributed by atoms with Gasteiger partial charge in [-0.05, 0) is 31.7 Å². The number of carbonyl (C=O) groups is 1. The van der Waals surface area contributed by atoms with E-state index in [1.165, 1.54) is 0 Å². The number of aromatic nitrogens is 3. The van der Waals surface area contributed by atoms with Gasteiger partial charge in [-0.25, -0.2) is 4.98 Å². The van der Waals surface area contributed by atoms with Gasteiger partial charge in [0.15, 0.2) is 0 Å². The molecular formula is C20H21ClN4O2. The van der Waals surface area contributed by atoms with Gasteiger partial charge in [0.05, 0.1) is 5.69 Å². The van der Waals surface area contributed by atoms with E-state index in [9.17, 15) is 9.59 Å². The lowest BCUT2D eigenvalue weighted by Gasteiger charge is -2.14. The van der Waals surface area contributed by atoms with E-state index in [0.29, 0.717) is 24.0 Å². The number of amides is 1. The molecule has 1 amide bonds. The fraction of sp³-hybridized carbons (Fsp3) is 0.350. The molecule has 2 aromatic heterocycles. The second kappa shape index (κ2) is 6.85. The third kappa shape index (κ3) is 3.25. The van der Waals surface area contributed by atoms with E-state index in [2.05, 4.69) is 4.98 Å². The van der Waals surface area contributed by atoms with Gasteiger partial charge in [-0.1, -0.05) is 29.8 Å². The van der Waals surface area contributed by atoms with Crippen LogP contribution in [0.2, 0.25) is 5.02 Å². The summed E-state index contributed by atoms with van der Waals surface area (Å²) in [7, 11) is 1.72. The van der Waals surface area contributed by atoms with Crippen LogP contribution in [0.5, 0.6) is 0 Å². The van der Waals surface area contributed by atoms with Gasteiger partial charge in [0.25, 0.3) is 11.5 Å². The Morgan fingerprint density at radius 3 is 2.70 bits per heavy atom. The molecule has 3 aromatic rings. The number of carbonyl (C=O) groups excluding carboxylic acids is 1. The minimum atomic E-state index is -0.200. The van der Waals surface area contributed by atoms with Crippen molar-refractivity contribution in [2.24, 2.45) is 5.92 Å². The molecule has 0 atom stereocenters. The monoisotopic (exact) mass is 384 g/mol. The summed E-state index contributed by atoms with van der Waals surface area (Å²) < 4.78 is 3.39. The SMILES string of the molecule is CCN(C)C(=O)c1cn2cc(-c3ccccc3Cl)n(CC3CC3)c(=O)c2n1. The molecule has 0 radical (unpaired) electrons. The van der Waals surface area contributed by atoms with Gasteiger partial charge >= 0.3 is 0 Å². The summed E-state index contributed by atoms with van der Waals surface area (Å²) in [5, 5.41) is 0.586. The largest absolute Gasteiger partial charge is 0.341 e. The van der Waals surface area contributed by atoms with E-state index < -0.39 is 0 Å². The van der Waals surface area contributed by atoms with Gasteiger partial charge in [-0.15, -0.1) is 0 Å². The van der Waals surface area contributed by atoms with Crippen LogP contribution in [0.1, 0.15) is 30.3 Å². The van der Waals surface area contributed by atoms with Gasteiger partial charge in [0.2, 0.25) is 5.65 Å². The Labute approximate surface area is 162 Å². The summed E-state index contributed by atoms with van der Waals surface area (Å²) in [6, 6.07) is 7.48. The normalized spacial score (nSPS) is 13.9. The van der Waals surface area contributed by atoms with Gasteiger partial charge in [0, 0.05) is 43.1 Å². The molecule has 2 heterocycles. The predicted molar refractivity (Wildman–Crippen MR) is 105 cm³/mol. The highest BCUT2D eigenvalue weighted by atomic mass is 35.5. The summed E-state index contributed by atoms with van der Waals surface area (Å²) >= 11 is 6.40. The van der Waals surface area contributed by atoms with Crippen LogP contribution in [0.15, 0.2) is 41.5 Å². The molecule has 1 aliphatic rings. The molecule has 0 bridgehead atoms. The second-order valence-electron chi connectivity index (χ2n) is 7.03. The molecule has 140 valence electrons. The first-order valence-electron chi connectivity index (χ1n) is 9.12. The number of fused-ring (bicyclic) bond motifs is 1. The molecule has 4 rings (SSSR count). The minimum absolute atomic E-state index is 0.197. The van der Waals surface area contributed by atoms with Crippen molar-refractivity contribution < 1.29 is 4.79 Å². The van der Waals surface area contributed by atoms with E-state index >= 15 is 0 Å². The Kier molecular flexibility index (Phi) is 4.52. The highest BCUT2D eigenvalue weighted by molar-refractivity contribution is 6.33. The van der Waals surface area contributed by atoms with E-state index in [4.69, 9.17) is 11.6 Å². The van der Waals surface area contributed by atoms with Gasteiger partial charge < -0.3 is 9.47 Å². The van der Waals surface area contributed by atoms with E-state index in [1.54, 1.807) is 27.1 Å². The zero-order valence-electron chi connectivity index (χ0n) is 15.4. The van der Waals surface area contributed by atoms with E-state index in [1.807, 2.05) is 37.4 Å². The molecule has 7 heteroatoms. The van der Waals surface area contributed by atoms with Crippen molar-refractivity contribution in [3.8, 4) is 11.3 Å². The lowest BCUT2D eigenvalue weighted by Crippen LogP contribution is -2.26. The summed E-state index contributed by atoms with van der Waals surface area (Å²) in [4.78, 5) is 31.5. The second-order valence-corrected chi connectivity index (χ2v) is 7.44. The maximum Gasteiger partial charge on any atom is 0.294 e. The highest BCUT2D eigenvalue weighted by Crippen LogP contribution is 2.33. The zero-order chi connectivity index (χ0) is 19.1. The van der Waals surface area contributed by atoms with Crippen LogP contribution in [-0.2, 0) is 6.54 Å². The number of rotatable bonds is 5. The Morgan fingerprint density at radius 1 is 1.30 bits per heavy atom. The predicted octanol–water partition coefficient (Wildman–Crippen LogP) is 3.32. The molecule has 1 saturated carbocycles. The van der Waals surface area contributed by atoms with Crippen molar-refractivity contribution in [2.75, 3.05) is 13.6 Å². The van der Waals surface area contributed by atoms with Crippen LogP contribution in [0, 0.1) is 5.92 Å². The number of halogens is 1. The van der Waals surface area contributed by atoms with Crippen LogP contribution in [-0.4, -0.2) is 38.4 Å². The summed E-state index contributed by atoms with van der Waals surface area (Å²) in [5.41, 5.74) is 1.87. The number of benzene rings is 1. The standard InChI is InChI=1S/C20H21ClN4O2/c1-3-23(2)19(26)16-11-24-12-17(14-6-4-5-7-15(14)21)25(10-13-8-9-13)20(27)18(24)22-16/h4-7,11-13H,3,8-10H2,1-2H3. The highest BCUT2D eigenvalue weighted by Gasteiger charge is 2.26. The van der Waals surface area contributed by atoms with Gasteiger partial charge in [0.1, 0.15) is 5.69 Å². The smallest absolute Gasteiger partial charge is 0.294 e. The molecule has 6 nitrogen and oxygen atoms in total. The van der Waals surface area contributed by atoms with Gasteiger partial charge in [-0.3, -0.25) is 14.0 Å². The summed E-state index contributed by atoms with van der Waals surface area (Å²) in [6.45, 7) is 3.11. The van der Waals surface area contributed by atoms with E-state index in [-0.39, 0.29) is 22.8 Å². The molecule has 1 aliphatic carbocycles. The van der Waals surface area contributed by atoms with Crippen molar-refractivity contribution in [1.29, 1.82) is 0 Å². The molecule has 27 heavy (non-hydrogen) atoms. The van der Waals surface area contributed by atoms with Crippen LogP contribution >= 0.6 is 11.6 Å². The van der Waals surface area contributed by atoms with Gasteiger partial charge in [-0.2, -0.15) is 0 Å². The maximum atomic E-state index is 13.2. The topological polar surface area (TPSA) is 59.6 Å². The maximum absolute atomic E-state index is 13.2. The Bertz CT molecular complexity index is 1080. The van der Waals surface area contributed by atoms with Crippen molar-refractivity contribution in [1.82, 2.24) is 18.9 Å². The third-order valence-corrected chi connectivity index (χ3v) is 5.38. The number of nitrogens with zero attached hydrogens (tertiary/aromatic N) is 4. The van der Waals surface area contributed by atoms with Crippen molar-refractivity contribution in [2.45, 2.75) is 26.3 Å². The summed E-state index contributed by atoms with van der Waals surface area (Å²) in [6.07, 6.45) is 5.71. The Morgan fingerprint density at radius 2 is 2.04 bits per heavy atom. The van der Waals surface area contributed by atoms with Crippen LogP contribution < -0.4 is 5.56 Å². The van der Waals surface area contributed by atoms with Crippen molar-refractivity contribution >= 4 is 23.2 Å². The summed E-state index contributed by atoms with van der Waals surface area (Å²) in [5.74, 6) is 0.308. The first-order chi connectivity index (χ1) is 13.0. The Balaban J connectivity index is 1.92. The first kappa shape index (κ1) is 17.8. The molecule has 0 saturated heterocycles. The number of hydrogen-bond acceptors (Lipinski definition) is 3. The van der Waals surface area contributed by atoms with Crippen molar-refractivity contribution in [3.05, 3.63) is 57.7 Å². The molecular weight excluding hydrogens is 364 g/mol.